The van der Waals surface area contributed by atoms with Gasteiger partial charge in [0.1, 0.15) is 6.23 Å². The summed E-state index contributed by atoms with van der Waals surface area (Å²) in [7, 11) is 0. The second-order valence-electron chi connectivity index (χ2n) is 4.48. The smallest absolute Gasteiger partial charge is 0.201 e. The van der Waals surface area contributed by atoms with Gasteiger partial charge in [0.15, 0.2) is 0 Å². The highest BCUT2D eigenvalue weighted by atomic mass is 16.3. The van der Waals surface area contributed by atoms with E-state index in [1.807, 2.05) is 0 Å². The molecule has 0 aromatic rings. The van der Waals surface area contributed by atoms with Crippen molar-refractivity contribution in [3.8, 4) is 0 Å². The summed E-state index contributed by atoms with van der Waals surface area (Å²) in [6, 6.07) is 0.511. The molecule has 2 rings (SSSR count). The fraction of sp³-hybridized carbons (Fsp3) is 0.909. The summed E-state index contributed by atoms with van der Waals surface area (Å²) in [6.45, 7) is 1.03. The Labute approximate surface area is 85.1 Å². The van der Waals surface area contributed by atoms with Gasteiger partial charge in [0.05, 0.1) is 0 Å². The number of rotatable bonds is 2. The molecule has 0 amide bonds. The SMILES string of the molecule is O=[C]C1CCC(N2CCCC2O)CC1. The topological polar surface area (TPSA) is 40.5 Å². The Hall–Kier alpha value is -0.410. The van der Waals surface area contributed by atoms with Crippen molar-refractivity contribution < 1.29 is 9.90 Å². The molecule has 1 aliphatic heterocycles. The Balaban J connectivity index is 1.85. The van der Waals surface area contributed by atoms with Crippen molar-refractivity contribution in [2.75, 3.05) is 6.54 Å². The molecule has 3 nitrogen and oxygen atoms in total. The van der Waals surface area contributed by atoms with E-state index < -0.39 is 0 Å². The van der Waals surface area contributed by atoms with Gasteiger partial charge < -0.3 is 5.11 Å². The molecule has 1 N–H and O–H groups in total. The third kappa shape index (κ3) is 1.98. The molecule has 1 saturated carbocycles. The third-order valence-electron chi connectivity index (χ3n) is 3.59. The molecule has 1 unspecified atom stereocenters. The van der Waals surface area contributed by atoms with Crippen LogP contribution in [0.25, 0.3) is 0 Å². The summed E-state index contributed by atoms with van der Waals surface area (Å²) in [6.07, 6.45) is 7.91. The van der Waals surface area contributed by atoms with E-state index in [9.17, 15) is 9.90 Å². The maximum Gasteiger partial charge on any atom is 0.201 e. The van der Waals surface area contributed by atoms with Crippen molar-refractivity contribution in [1.29, 1.82) is 0 Å². The zero-order valence-corrected chi connectivity index (χ0v) is 8.48. The van der Waals surface area contributed by atoms with E-state index in [0.29, 0.717) is 6.04 Å². The van der Waals surface area contributed by atoms with Crippen LogP contribution in [0.5, 0.6) is 0 Å². The lowest BCUT2D eigenvalue weighted by atomic mass is 9.86. The molecule has 1 aliphatic carbocycles. The molecule has 3 heteroatoms. The Morgan fingerprint density at radius 2 is 1.86 bits per heavy atom. The first-order chi connectivity index (χ1) is 6.81. The Bertz CT molecular complexity index is 199. The number of aliphatic hydroxyl groups excluding tert-OH is 1. The van der Waals surface area contributed by atoms with Crippen LogP contribution in [0.15, 0.2) is 0 Å². The van der Waals surface area contributed by atoms with Crippen molar-refractivity contribution in [2.45, 2.75) is 50.8 Å². The van der Waals surface area contributed by atoms with Crippen LogP contribution in [-0.2, 0) is 4.79 Å². The molecule has 14 heavy (non-hydrogen) atoms. The maximum absolute atomic E-state index is 10.5. The minimum Gasteiger partial charge on any atom is -0.378 e. The first kappa shape index (κ1) is 10.1. The number of aliphatic hydroxyl groups is 1. The number of nitrogens with zero attached hydrogens (tertiary/aromatic N) is 1. The molecular formula is C11H18NO2. The Morgan fingerprint density at radius 3 is 2.36 bits per heavy atom. The predicted molar refractivity (Wildman–Crippen MR) is 53.4 cm³/mol. The summed E-state index contributed by atoms with van der Waals surface area (Å²) in [4.78, 5) is 12.7. The molecule has 0 spiro atoms. The average molecular weight is 196 g/mol. The highest BCUT2D eigenvalue weighted by molar-refractivity contribution is 5.54. The van der Waals surface area contributed by atoms with Gasteiger partial charge >= 0.3 is 0 Å². The third-order valence-corrected chi connectivity index (χ3v) is 3.59. The van der Waals surface area contributed by atoms with Crippen LogP contribution in [0.2, 0.25) is 0 Å². The monoisotopic (exact) mass is 196 g/mol. The predicted octanol–water partition coefficient (Wildman–Crippen LogP) is 1.07. The van der Waals surface area contributed by atoms with Gasteiger partial charge in [-0.15, -0.1) is 0 Å². The van der Waals surface area contributed by atoms with Crippen molar-refractivity contribution in [3.05, 3.63) is 0 Å². The normalized spacial score (nSPS) is 39.9. The van der Waals surface area contributed by atoms with Crippen molar-refractivity contribution in [1.82, 2.24) is 4.90 Å². The van der Waals surface area contributed by atoms with Crippen LogP contribution in [0, 0.1) is 5.92 Å². The summed E-state index contributed by atoms with van der Waals surface area (Å²) in [5, 5.41) is 9.71. The zero-order chi connectivity index (χ0) is 9.97. The van der Waals surface area contributed by atoms with Crippen molar-refractivity contribution in [2.24, 2.45) is 5.92 Å². The van der Waals surface area contributed by atoms with Gasteiger partial charge in [-0.2, -0.15) is 0 Å². The van der Waals surface area contributed by atoms with Crippen LogP contribution in [0.1, 0.15) is 38.5 Å². The molecule has 0 aromatic carbocycles. The van der Waals surface area contributed by atoms with Gasteiger partial charge in [0, 0.05) is 18.5 Å². The zero-order valence-electron chi connectivity index (χ0n) is 8.48. The van der Waals surface area contributed by atoms with E-state index in [2.05, 4.69) is 11.2 Å². The number of hydrogen-bond acceptors (Lipinski definition) is 3. The molecule has 2 fully saturated rings. The lowest BCUT2D eigenvalue weighted by Crippen LogP contribution is -2.41. The molecule has 0 aromatic heterocycles. The molecule has 2 aliphatic rings. The number of likely N-dealkylation sites (tertiary alicyclic amines) is 1. The molecular weight excluding hydrogens is 178 g/mol. The van der Waals surface area contributed by atoms with Crippen LogP contribution >= 0.6 is 0 Å². The van der Waals surface area contributed by atoms with E-state index in [4.69, 9.17) is 0 Å². The van der Waals surface area contributed by atoms with E-state index in [-0.39, 0.29) is 12.1 Å². The van der Waals surface area contributed by atoms with Gasteiger partial charge in [0.25, 0.3) is 0 Å². The van der Waals surface area contributed by atoms with Gasteiger partial charge in [-0.3, -0.25) is 9.69 Å². The fourth-order valence-corrected chi connectivity index (χ4v) is 2.72. The first-order valence-electron chi connectivity index (χ1n) is 5.62. The Kier molecular flexibility index (Phi) is 3.19. The van der Waals surface area contributed by atoms with Crippen LogP contribution in [-0.4, -0.2) is 35.1 Å². The standard InChI is InChI=1S/C11H18NO2/c13-8-9-3-5-10(6-4-9)12-7-1-2-11(12)14/h9-11,14H,1-7H2. The quantitative estimate of drug-likeness (QED) is 0.718. The van der Waals surface area contributed by atoms with Gasteiger partial charge in [-0.25, -0.2) is 0 Å². The highest BCUT2D eigenvalue weighted by Crippen LogP contribution is 2.30. The Morgan fingerprint density at radius 1 is 1.14 bits per heavy atom. The van der Waals surface area contributed by atoms with Gasteiger partial charge in [0.2, 0.25) is 6.29 Å². The molecule has 1 radical (unpaired) electrons. The van der Waals surface area contributed by atoms with Gasteiger partial charge in [-0.05, 0) is 38.5 Å². The summed E-state index contributed by atoms with van der Waals surface area (Å²) in [5.74, 6) is 0.158. The van der Waals surface area contributed by atoms with E-state index in [1.54, 1.807) is 0 Å². The second-order valence-corrected chi connectivity index (χ2v) is 4.48. The summed E-state index contributed by atoms with van der Waals surface area (Å²) >= 11 is 0. The van der Waals surface area contributed by atoms with Crippen LogP contribution in [0.4, 0.5) is 0 Å². The van der Waals surface area contributed by atoms with Crippen molar-refractivity contribution in [3.63, 3.8) is 0 Å². The van der Waals surface area contributed by atoms with E-state index >= 15 is 0 Å². The maximum atomic E-state index is 10.5. The molecule has 1 heterocycles. The van der Waals surface area contributed by atoms with Crippen LogP contribution in [0.3, 0.4) is 0 Å². The van der Waals surface area contributed by atoms with E-state index in [1.165, 1.54) is 0 Å². The lowest BCUT2D eigenvalue weighted by Gasteiger charge is -2.34. The number of hydrogen-bond donors (Lipinski definition) is 1. The van der Waals surface area contributed by atoms with E-state index in [0.717, 1.165) is 45.1 Å². The minimum atomic E-state index is -0.225. The highest BCUT2D eigenvalue weighted by Gasteiger charge is 2.32. The van der Waals surface area contributed by atoms with Crippen molar-refractivity contribution >= 4 is 6.29 Å². The van der Waals surface area contributed by atoms with Crippen LogP contribution < -0.4 is 0 Å². The summed E-state index contributed by atoms with van der Waals surface area (Å²) in [5.41, 5.74) is 0. The molecule has 79 valence electrons. The largest absolute Gasteiger partial charge is 0.378 e. The lowest BCUT2D eigenvalue weighted by molar-refractivity contribution is -0.00393. The first-order valence-corrected chi connectivity index (χ1v) is 5.62. The average Bonchev–Trinajstić information content (AvgIpc) is 2.65. The molecule has 1 atom stereocenters. The van der Waals surface area contributed by atoms with Gasteiger partial charge in [-0.1, -0.05) is 0 Å². The second kappa shape index (κ2) is 4.41. The summed E-state index contributed by atoms with van der Waals surface area (Å²) < 4.78 is 0. The molecule has 0 bridgehead atoms. The minimum absolute atomic E-state index is 0.158. The fourth-order valence-electron chi connectivity index (χ4n) is 2.72. The molecule has 1 saturated heterocycles. The number of carbonyl (C=O) groups excluding carboxylic acids is 1.